The normalized spacial score (nSPS) is 10.5. The van der Waals surface area contributed by atoms with Gasteiger partial charge in [0.1, 0.15) is 6.33 Å². The second kappa shape index (κ2) is 6.12. The molecule has 0 bridgehead atoms. The van der Waals surface area contributed by atoms with Gasteiger partial charge in [0.05, 0.1) is 13.2 Å². The van der Waals surface area contributed by atoms with Crippen molar-refractivity contribution >= 4 is 5.95 Å². The molecule has 0 spiro atoms. The Morgan fingerprint density at radius 3 is 2.89 bits per heavy atom. The first kappa shape index (κ1) is 13.3. The molecule has 0 aliphatic rings. The molecular weight excluding hydrogens is 244 g/mol. The van der Waals surface area contributed by atoms with E-state index in [9.17, 15) is 0 Å². The van der Waals surface area contributed by atoms with Crippen molar-refractivity contribution in [3.05, 3.63) is 23.9 Å². The second-order valence-electron chi connectivity index (χ2n) is 3.99. The standard InChI is InChI=1S/C12H18N6O/c1-4-18-8-14-17-10(18)7-13-12-15-9(3)6-11(16-12)19-5-2/h6,8H,4-5,7H2,1-3H3,(H,13,15,16). The largest absolute Gasteiger partial charge is 0.478 e. The van der Waals surface area contributed by atoms with Crippen molar-refractivity contribution in [2.24, 2.45) is 0 Å². The second-order valence-corrected chi connectivity index (χ2v) is 3.99. The van der Waals surface area contributed by atoms with Crippen molar-refractivity contribution in [3.8, 4) is 5.88 Å². The highest BCUT2D eigenvalue weighted by Crippen LogP contribution is 2.12. The number of rotatable bonds is 6. The fourth-order valence-electron chi connectivity index (χ4n) is 1.68. The molecule has 102 valence electrons. The molecule has 2 aromatic rings. The van der Waals surface area contributed by atoms with Crippen molar-refractivity contribution in [1.29, 1.82) is 0 Å². The third kappa shape index (κ3) is 3.40. The molecule has 0 aromatic carbocycles. The van der Waals surface area contributed by atoms with E-state index in [-0.39, 0.29) is 0 Å². The zero-order valence-corrected chi connectivity index (χ0v) is 11.4. The Bertz CT molecular complexity index is 539. The molecule has 0 unspecified atom stereocenters. The lowest BCUT2D eigenvalue weighted by Crippen LogP contribution is -2.10. The number of aryl methyl sites for hydroxylation is 2. The van der Waals surface area contributed by atoms with Crippen LogP contribution in [0.2, 0.25) is 0 Å². The van der Waals surface area contributed by atoms with Crippen LogP contribution in [0.5, 0.6) is 5.88 Å². The van der Waals surface area contributed by atoms with Gasteiger partial charge in [-0.05, 0) is 20.8 Å². The Morgan fingerprint density at radius 1 is 1.32 bits per heavy atom. The monoisotopic (exact) mass is 262 g/mol. The zero-order valence-electron chi connectivity index (χ0n) is 11.4. The number of hydrogen-bond acceptors (Lipinski definition) is 6. The highest BCUT2D eigenvalue weighted by molar-refractivity contribution is 5.30. The lowest BCUT2D eigenvalue weighted by Gasteiger charge is -2.08. The predicted octanol–water partition coefficient (Wildman–Crippen LogP) is 1.41. The van der Waals surface area contributed by atoms with Gasteiger partial charge < -0.3 is 14.6 Å². The lowest BCUT2D eigenvalue weighted by atomic mass is 10.4. The van der Waals surface area contributed by atoms with E-state index in [0.29, 0.717) is 25.0 Å². The molecule has 7 nitrogen and oxygen atoms in total. The summed E-state index contributed by atoms with van der Waals surface area (Å²) in [6, 6.07) is 1.81. The van der Waals surface area contributed by atoms with Crippen molar-refractivity contribution in [1.82, 2.24) is 24.7 Å². The molecule has 2 heterocycles. The summed E-state index contributed by atoms with van der Waals surface area (Å²) in [5, 5.41) is 11.1. The SMILES string of the molecule is CCOc1cc(C)nc(NCc2nncn2CC)n1. The molecular formula is C12H18N6O. The first-order valence-electron chi connectivity index (χ1n) is 6.32. The summed E-state index contributed by atoms with van der Waals surface area (Å²) in [4.78, 5) is 8.59. The van der Waals surface area contributed by atoms with E-state index in [0.717, 1.165) is 18.1 Å². The maximum Gasteiger partial charge on any atom is 0.226 e. The van der Waals surface area contributed by atoms with Gasteiger partial charge in [0, 0.05) is 18.3 Å². The Labute approximate surface area is 112 Å². The summed E-state index contributed by atoms with van der Waals surface area (Å²) < 4.78 is 7.35. The van der Waals surface area contributed by atoms with Crippen LogP contribution in [0.25, 0.3) is 0 Å². The molecule has 0 atom stereocenters. The van der Waals surface area contributed by atoms with Gasteiger partial charge in [-0.2, -0.15) is 4.98 Å². The molecule has 7 heteroatoms. The minimum atomic E-state index is 0.531. The van der Waals surface area contributed by atoms with Crippen LogP contribution in [-0.2, 0) is 13.1 Å². The van der Waals surface area contributed by atoms with Crippen molar-refractivity contribution in [2.45, 2.75) is 33.9 Å². The average molecular weight is 262 g/mol. The lowest BCUT2D eigenvalue weighted by molar-refractivity contribution is 0.326. The summed E-state index contributed by atoms with van der Waals surface area (Å²) in [6.45, 7) is 7.83. The molecule has 2 rings (SSSR count). The van der Waals surface area contributed by atoms with E-state index in [4.69, 9.17) is 4.74 Å². The van der Waals surface area contributed by atoms with Crippen molar-refractivity contribution < 1.29 is 4.74 Å². The number of nitrogens with zero attached hydrogens (tertiary/aromatic N) is 5. The van der Waals surface area contributed by atoms with Crippen molar-refractivity contribution in [2.75, 3.05) is 11.9 Å². The van der Waals surface area contributed by atoms with Crippen LogP contribution in [0.15, 0.2) is 12.4 Å². The molecule has 0 amide bonds. The van der Waals surface area contributed by atoms with Crippen LogP contribution in [0, 0.1) is 6.92 Å². The molecule has 19 heavy (non-hydrogen) atoms. The number of anilines is 1. The minimum Gasteiger partial charge on any atom is -0.478 e. The number of hydrogen-bond donors (Lipinski definition) is 1. The van der Waals surface area contributed by atoms with Crippen LogP contribution in [0.3, 0.4) is 0 Å². The summed E-state index contributed by atoms with van der Waals surface area (Å²) in [5.41, 5.74) is 0.859. The van der Waals surface area contributed by atoms with Gasteiger partial charge in [0.15, 0.2) is 5.82 Å². The molecule has 0 fully saturated rings. The molecule has 0 aliphatic heterocycles. The maximum atomic E-state index is 5.38. The summed E-state index contributed by atoms with van der Waals surface area (Å²) in [6.07, 6.45) is 1.71. The molecule has 0 aliphatic carbocycles. The van der Waals surface area contributed by atoms with Gasteiger partial charge in [-0.3, -0.25) is 0 Å². The van der Waals surface area contributed by atoms with Crippen LogP contribution in [0.4, 0.5) is 5.95 Å². The van der Waals surface area contributed by atoms with E-state index in [1.165, 1.54) is 0 Å². The van der Waals surface area contributed by atoms with Gasteiger partial charge in [-0.15, -0.1) is 10.2 Å². The van der Waals surface area contributed by atoms with E-state index in [2.05, 4.69) is 25.5 Å². The topological polar surface area (TPSA) is 77.8 Å². The van der Waals surface area contributed by atoms with E-state index in [1.54, 1.807) is 6.33 Å². The summed E-state index contributed by atoms with van der Waals surface area (Å²) >= 11 is 0. The van der Waals surface area contributed by atoms with Gasteiger partial charge in [-0.25, -0.2) is 4.98 Å². The van der Waals surface area contributed by atoms with Crippen molar-refractivity contribution in [3.63, 3.8) is 0 Å². The zero-order chi connectivity index (χ0) is 13.7. The molecule has 0 saturated heterocycles. The fraction of sp³-hybridized carbons (Fsp3) is 0.500. The van der Waals surface area contributed by atoms with E-state index < -0.39 is 0 Å². The quantitative estimate of drug-likeness (QED) is 0.848. The highest BCUT2D eigenvalue weighted by Gasteiger charge is 2.06. The van der Waals surface area contributed by atoms with Crippen LogP contribution >= 0.6 is 0 Å². The predicted molar refractivity (Wildman–Crippen MR) is 71.0 cm³/mol. The first-order chi connectivity index (χ1) is 9.22. The summed E-state index contributed by atoms with van der Waals surface area (Å²) in [7, 11) is 0. The Balaban J connectivity index is 2.06. The van der Waals surface area contributed by atoms with Gasteiger partial charge in [-0.1, -0.05) is 0 Å². The number of ether oxygens (including phenoxy) is 1. The number of aromatic nitrogens is 5. The summed E-state index contributed by atoms with van der Waals surface area (Å²) in [5.74, 6) is 1.97. The van der Waals surface area contributed by atoms with Crippen LogP contribution in [0.1, 0.15) is 25.4 Å². The Hall–Kier alpha value is -2.18. The fourth-order valence-corrected chi connectivity index (χ4v) is 1.68. The van der Waals surface area contributed by atoms with Crippen LogP contribution in [-0.4, -0.2) is 31.3 Å². The van der Waals surface area contributed by atoms with Gasteiger partial charge >= 0.3 is 0 Å². The first-order valence-corrected chi connectivity index (χ1v) is 6.32. The smallest absolute Gasteiger partial charge is 0.226 e. The van der Waals surface area contributed by atoms with E-state index in [1.807, 2.05) is 31.4 Å². The highest BCUT2D eigenvalue weighted by atomic mass is 16.5. The third-order valence-corrected chi connectivity index (χ3v) is 2.56. The minimum absolute atomic E-state index is 0.531. The third-order valence-electron chi connectivity index (χ3n) is 2.56. The number of nitrogens with one attached hydrogen (secondary N) is 1. The van der Waals surface area contributed by atoms with Gasteiger partial charge in [0.2, 0.25) is 11.8 Å². The molecule has 0 saturated carbocycles. The van der Waals surface area contributed by atoms with E-state index >= 15 is 0 Å². The Kier molecular flexibility index (Phi) is 4.27. The molecule has 1 N–H and O–H groups in total. The van der Waals surface area contributed by atoms with Gasteiger partial charge in [0.25, 0.3) is 0 Å². The van der Waals surface area contributed by atoms with Crippen LogP contribution < -0.4 is 10.1 Å². The average Bonchev–Trinajstić information content (AvgIpc) is 2.83. The maximum absolute atomic E-state index is 5.38. The molecule has 2 aromatic heterocycles. The Morgan fingerprint density at radius 2 is 2.16 bits per heavy atom. The molecule has 0 radical (unpaired) electrons.